The topological polar surface area (TPSA) is 29.5 Å². The van der Waals surface area contributed by atoms with Gasteiger partial charge < -0.3 is 9.84 Å². The van der Waals surface area contributed by atoms with Crippen LogP contribution in [0.4, 0.5) is 43.9 Å². The number of hydrogen-bond acceptors (Lipinski definition) is 2. The highest BCUT2D eigenvalue weighted by Crippen LogP contribution is 2.50. The average Bonchev–Trinajstić information content (AvgIpc) is 2.55. The van der Waals surface area contributed by atoms with Crippen molar-refractivity contribution in [2.75, 3.05) is 34.2 Å². The van der Waals surface area contributed by atoms with Crippen LogP contribution in [0.25, 0.3) is 0 Å². The van der Waals surface area contributed by atoms with Gasteiger partial charge in [0.2, 0.25) is 12.6 Å². The molecule has 1 N–H and O–H groups in total. The van der Waals surface area contributed by atoms with Crippen molar-refractivity contribution in [3.63, 3.8) is 0 Å². The highest BCUT2D eigenvalue weighted by molar-refractivity contribution is 5.01. The summed E-state index contributed by atoms with van der Waals surface area (Å²) in [4.78, 5) is 0. The fourth-order valence-corrected chi connectivity index (χ4v) is 0.711. The molecule has 1 saturated heterocycles. The molecule has 0 radical (unpaired) electrons. The molecule has 12 heteroatoms. The third-order valence-corrected chi connectivity index (χ3v) is 1.54. The van der Waals surface area contributed by atoms with E-state index in [0.717, 1.165) is 0 Å². The second kappa shape index (κ2) is 15.1. The summed E-state index contributed by atoms with van der Waals surface area (Å²) < 4.78 is 113. The number of alkyl halides is 10. The molecule has 1 aliphatic rings. The first-order valence-corrected chi connectivity index (χ1v) is 5.26. The molecule has 0 aromatic carbocycles. The van der Waals surface area contributed by atoms with Crippen molar-refractivity contribution in [3.05, 3.63) is 0 Å². The molecular weight excluding hydrogens is 342 g/mol. The van der Waals surface area contributed by atoms with E-state index < -0.39 is 38.1 Å². The van der Waals surface area contributed by atoms with Crippen molar-refractivity contribution >= 4 is 0 Å². The van der Waals surface area contributed by atoms with E-state index in [9.17, 15) is 43.9 Å². The number of rotatable bonds is 0. The van der Waals surface area contributed by atoms with Gasteiger partial charge in [-0.2, -0.15) is 17.6 Å². The molecule has 1 aliphatic heterocycles. The maximum absolute atomic E-state index is 12.5. The van der Waals surface area contributed by atoms with Crippen LogP contribution >= 0.6 is 0 Å². The minimum absolute atomic E-state index is 0.250. The third-order valence-electron chi connectivity index (χ3n) is 1.54. The summed E-state index contributed by atoms with van der Waals surface area (Å²) in [5.74, 6) is -4.74. The van der Waals surface area contributed by atoms with Gasteiger partial charge in [-0.05, 0) is 13.8 Å². The van der Waals surface area contributed by atoms with E-state index in [1.165, 1.54) is 6.92 Å². The van der Waals surface area contributed by atoms with Crippen LogP contribution in [0.15, 0.2) is 0 Å². The Bertz CT molecular complexity index is 203. The summed E-state index contributed by atoms with van der Waals surface area (Å²) in [6, 6.07) is 0. The van der Waals surface area contributed by atoms with E-state index >= 15 is 0 Å². The molecule has 0 aromatic rings. The van der Waals surface area contributed by atoms with Crippen molar-refractivity contribution in [2.45, 2.75) is 31.5 Å². The molecule has 1 unspecified atom stereocenters. The molecule has 1 fully saturated rings. The predicted octanol–water partition coefficient (Wildman–Crippen LogP) is 4.32. The highest BCUT2D eigenvalue weighted by atomic mass is 19.3. The maximum atomic E-state index is 12.5. The van der Waals surface area contributed by atoms with E-state index in [1.807, 2.05) is 0 Å². The Hall–Kier alpha value is -0.780. The van der Waals surface area contributed by atoms with E-state index in [0.29, 0.717) is 14.1 Å². The summed E-state index contributed by atoms with van der Waals surface area (Å²) in [6.45, 7) is -2.69. The van der Waals surface area contributed by atoms with E-state index in [-0.39, 0.29) is 6.67 Å². The standard InChI is InChI=1S/C5H5F5O.C2H5F.CH2F2.CH3FO.CH3F/c1-3(6)2-11-5(9,10)4(3,7)8;1-2-3;2*2-1-3;1-2/h2H2,1H3;2H2,1H3;1H2;3H,1H2;1H3. The Balaban J connectivity index is -0.000000123. The Morgan fingerprint density at radius 1 is 0.955 bits per heavy atom. The van der Waals surface area contributed by atoms with Crippen LogP contribution in [0.5, 0.6) is 0 Å². The largest absolute Gasteiger partial charge is 0.422 e. The summed E-state index contributed by atoms with van der Waals surface area (Å²) in [6.07, 6.45) is -4.68. The fraction of sp³-hybridized carbons (Fsp3) is 1.00. The van der Waals surface area contributed by atoms with Crippen molar-refractivity contribution in [1.29, 1.82) is 0 Å². The second-order valence-electron chi connectivity index (χ2n) is 3.07. The summed E-state index contributed by atoms with van der Waals surface area (Å²) in [7, 11) is 0.500. The average molecular weight is 360 g/mol. The van der Waals surface area contributed by atoms with Crippen molar-refractivity contribution in [3.8, 4) is 0 Å². The number of halogens is 10. The molecule has 1 heterocycles. The van der Waals surface area contributed by atoms with Crippen molar-refractivity contribution in [1.82, 2.24) is 0 Å². The van der Waals surface area contributed by atoms with Gasteiger partial charge in [-0.15, -0.1) is 0 Å². The summed E-state index contributed by atoms with van der Waals surface area (Å²) in [5.41, 5.74) is -3.28. The maximum Gasteiger partial charge on any atom is 0.422 e. The first-order valence-electron chi connectivity index (χ1n) is 5.26. The van der Waals surface area contributed by atoms with Crippen molar-refractivity contribution in [2.24, 2.45) is 0 Å². The number of hydrogen-bond donors (Lipinski definition) is 1. The van der Waals surface area contributed by atoms with Crippen LogP contribution in [0.2, 0.25) is 0 Å². The zero-order chi connectivity index (χ0) is 19.0. The zero-order valence-corrected chi connectivity index (χ0v) is 12.0. The van der Waals surface area contributed by atoms with Gasteiger partial charge in [-0.1, -0.05) is 0 Å². The van der Waals surface area contributed by atoms with Crippen LogP contribution in [-0.2, 0) is 4.74 Å². The molecule has 0 aromatic heterocycles. The van der Waals surface area contributed by atoms with Crippen LogP contribution in [0.3, 0.4) is 0 Å². The van der Waals surface area contributed by atoms with Gasteiger partial charge in [-0.3, -0.25) is 8.78 Å². The molecule has 1 rings (SSSR count). The Morgan fingerprint density at radius 3 is 1.23 bits per heavy atom. The van der Waals surface area contributed by atoms with Gasteiger partial charge in [-0.25, -0.2) is 17.6 Å². The molecule has 0 spiro atoms. The SMILES string of the molecule is CC1(F)COC(F)(F)C1(F)F.CCF.CF.FCF.OCF. The van der Waals surface area contributed by atoms with Crippen LogP contribution in [0, 0.1) is 0 Å². The number of aliphatic hydroxyl groups excluding tert-OH is 1. The molecule has 0 bridgehead atoms. The minimum atomic E-state index is -4.74. The number of ether oxygens (including phenoxy) is 1. The first kappa shape index (κ1) is 29.3. The second-order valence-corrected chi connectivity index (χ2v) is 3.07. The molecule has 0 aliphatic carbocycles. The van der Waals surface area contributed by atoms with Gasteiger partial charge in [0.1, 0.15) is 0 Å². The van der Waals surface area contributed by atoms with Crippen LogP contribution < -0.4 is 0 Å². The lowest BCUT2D eigenvalue weighted by Gasteiger charge is -2.22. The lowest BCUT2D eigenvalue weighted by atomic mass is 10.0. The van der Waals surface area contributed by atoms with Gasteiger partial charge in [0, 0.05) is 0 Å². The fourth-order valence-electron chi connectivity index (χ4n) is 0.711. The summed E-state index contributed by atoms with van der Waals surface area (Å²) >= 11 is 0. The normalized spacial score (nSPS) is 23.2. The summed E-state index contributed by atoms with van der Waals surface area (Å²) in [5, 5.41) is 6.90. The number of aliphatic hydroxyl groups is 1. The zero-order valence-electron chi connectivity index (χ0n) is 12.0. The molecule has 2 nitrogen and oxygen atoms in total. The molecule has 140 valence electrons. The highest BCUT2D eigenvalue weighted by Gasteiger charge is 2.74. The molecular formula is C10H18F10O2. The van der Waals surface area contributed by atoms with Gasteiger partial charge >= 0.3 is 12.0 Å². The molecule has 22 heavy (non-hydrogen) atoms. The van der Waals surface area contributed by atoms with Crippen LogP contribution in [0.1, 0.15) is 13.8 Å². The lowest BCUT2D eigenvalue weighted by molar-refractivity contribution is -0.313. The van der Waals surface area contributed by atoms with E-state index in [2.05, 4.69) is 4.74 Å². The monoisotopic (exact) mass is 360 g/mol. The smallest absolute Gasteiger partial charge is 0.366 e. The van der Waals surface area contributed by atoms with E-state index in [1.54, 1.807) is 0 Å². The third kappa shape index (κ3) is 10.9. The Morgan fingerprint density at radius 2 is 1.18 bits per heavy atom. The minimum Gasteiger partial charge on any atom is -0.366 e. The predicted molar refractivity (Wildman–Crippen MR) is 59.3 cm³/mol. The Labute approximate surface area is 121 Å². The molecule has 1 atom stereocenters. The quantitative estimate of drug-likeness (QED) is 0.652. The first-order chi connectivity index (χ1) is 9.95. The van der Waals surface area contributed by atoms with Gasteiger partial charge in [0.15, 0.2) is 6.86 Å². The Kier molecular flexibility index (Phi) is 20.1. The van der Waals surface area contributed by atoms with Gasteiger partial charge in [0.05, 0.1) is 20.5 Å². The lowest BCUT2D eigenvalue weighted by Crippen LogP contribution is -2.48. The van der Waals surface area contributed by atoms with Crippen LogP contribution in [-0.4, -0.2) is 57.1 Å². The molecule has 0 amide bonds. The van der Waals surface area contributed by atoms with Gasteiger partial charge in [0.25, 0.3) is 0 Å². The van der Waals surface area contributed by atoms with Crippen molar-refractivity contribution < 1.29 is 53.7 Å². The van der Waals surface area contributed by atoms with E-state index in [4.69, 9.17) is 5.11 Å². The molecule has 0 saturated carbocycles.